The Morgan fingerprint density at radius 1 is 1.47 bits per heavy atom. The zero-order valence-corrected chi connectivity index (χ0v) is 11.7. The van der Waals surface area contributed by atoms with Crippen molar-refractivity contribution in [2.45, 2.75) is 6.92 Å². The molecular weight excluding hydrogens is 304 g/mol. The van der Waals surface area contributed by atoms with Crippen LogP contribution in [0.5, 0.6) is 0 Å². The number of carbonyl (C=O) groups excluding carboxylic acids is 1. The van der Waals surface area contributed by atoms with E-state index in [1.54, 1.807) is 30.1 Å². The fraction of sp³-hybridized carbons (Fsp3) is 0.167. The summed E-state index contributed by atoms with van der Waals surface area (Å²) in [6.45, 7) is 1.88. The molecule has 2 rings (SSSR count). The standard InChI is InChI=1S/C12H10BrClN2O/c1-7-3-4-8(14)5-9(7)12(17)11-10(13)6-15-16(11)2/h3-6H,1-2H3. The summed E-state index contributed by atoms with van der Waals surface area (Å²) >= 11 is 9.24. The number of rotatable bonds is 2. The average molecular weight is 314 g/mol. The van der Waals surface area contributed by atoms with Crippen LogP contribution in [0.3, 0.4) is 0 Å². The molecule has 5 heteroatoms. The van der Waals surface area contributed by atoms with Gasteiger partial charge in [0, 0.05) is 17.6 Å². The lowest BCUT2D eigenvalue weighted by molar-refractivity contribution is 0.102. The molecule has 0 aliphatic rings. The van der Waals surface area contributed by atoms with Crippen LogP contribution in [0.2, 0.25) is 5.02 Å². The Morgan fingerprint density at radius 3 is 2.76 bits per heavy atom. The number of carbonyl (C=O) groups is 1. The third kappa shape index (κ3) is 2.28. The molecule has 88 valence electrons. The van der Waals surface area contributed by atoms with Crippen molar-refractivity contribution in [2.24, 2.45) is 7.05 Å². The fourth-order valence-electron chi connectivity index (χ4n) is 1.63. The number of aryl methyl sites for hydroxylation is 2. The molecule has 0 amide bonds. The zero-order valence-electron chi connectivity index (χ0n) is 9.37. The SMILES string of the molecule is Cc1ccc(Cl)cc1C(=O)c1c(Br)cnn1C. The molecule has 0 fully saturated rings. The van der Waals surface area contributed by atoms with Crippen LogP contribution in [0.15, 0.2) is 28.9 Å². The van der Waals surface area contributed by atoms with E-state index in [1.165, 1.54) is 0 Å². The molecule has 17 heavy (non-hydrogen) atoms. The third-order valence-corrected chi connectivity index (χ3v) is 3.37. The molecule has 3 nitrogen and oxygen atoms in total. The highest BCUT2D eigenvalue weighted by Gasteiger charge is 2.19. The molecule has 0 saturated carbocycles. The van der Waals surface area contributed by atoms with Gasteiger partial charge in [0.05, 0.1) is 10.7 Å². The van der Waals surface area contributed by atoms with E-state index in [0.29, 0.717) is 20.8 Å². The van der Waals surface area contributed by atoms with Crippen LogP contribution in [0.4, 0.5) is 0 Å². The number of nitrogens with zero attached hydrogens (tertiary/aromatic N) is 2. The molecule has 0 saturated heterocycles. The van der Waals surface area contributed by atoms with Crippen molar-refractivity contribution in [3.8, 4) is 0 Å². The molecule has 1 aromatic heterocycles. The van der Waals surface area contributed by atoms with Crippen LogP contribution in [-0.2, 0) is 7.05 Å². The van der Waals surface area contributed by atoms with Crippen molar-refractivity contribution < 1.29 is 4.79 Å². The Bertz CT molecular complexity index is 573. The van der Waals surface area contributed by atoms with Gasteiger partial charge in [0.15, 0.2) is 0 Å². The third-order valence-electron chi connectivity index (χ3n) is 2.55. The number of hydrogen-bond donors (Lipinski definition) is 0. The van der Waals surface area contributed by atoms with Crippen molar-refractivity contribution in [1.82, 2.24) is 9.78 Å². The first kappa shape index (κ1) is 12.3. The van der Waals surface area contributed by atoms with Crippen LogP contribution < -0.4 is 0 Å². The highest BCUT2D eigenvalue weighted by molar-refractivity contribution is 9.10. The van der Waals surface area contributed by atoms with E-state index in [9.17, 15) is 4.79 Å². The van der Waals surface area contributed by atoms with E-state index in [2.05, 4.69) is 21.0 Å². The molecule has 0 unspecified atom stereocenters. The molecule has 0 aliphatic heterocycles. The van der Waals surface area contributed by atoms with Gasteiger partial charge in [-0.05, 0) is 40.5 Å². The van der Waals surface area contributed by atoms with Crippen molar-refractivity contribution >= 4 is 33.3 Å². The smallest absolute Gasteiger partial charge is 0.212 e. The van der Waals surface area contributed by atoms with Crippen molar-refractivity contribution in [1.29, 1.82) is 0 Å². The first-order valence-electron chi connectivity index (χ1n) is 4.99. The number of aromatic nitrogens is 2. The summed E-state index contributed by atoms with van der Waals surface area (Å²) in [5.41, 5.74) is 2.02. The largest absolute Gasteiger partial charge is 0.287 e. The summed E-state index contributed by atoms with van der Waals surface area (Å²) in [7, 11) is 1.73. The normalized spacial score (nSPS) is 10.6. The highest BCUT2D eigenvalue weighted by atomic mass is 79.9. The van der Waals surface area contributed by atoms with Gasteiger partial charge in [0.25, 0.3) is 0 Å². The number of benzene rings is 1. The van der Waals surface area contributed by atoms with Gasteiger partial charge in [-0.2, -0.15) is 5.10 Å². The minimum Gasteiger partial charge on any atom is -0.287 e. The van der Waals surface area contributed by atoms with Crippen molar-refractivity contribution in [3.05, 3.63) is 50.7 Å². The Hall–Kier alpha value is -1.13. The maximum absolute atomic E-state index is 12.4. The van der Waals surface area contributed by atoms with E-state index in [0.717, 1.165) is 5.56 Å². The van der Waals surface area contributed by atoms with Crippen molar-refractivity contribution in [2.75, 3.05) is 0 Å². The Morgan fingerprint density at radius 2 is 2.18 bits per heavy atom. The van der Waals surface area contributed by atoms with Crippen LogP contribution in [0.25, 0.3) is 0 Å². The van der Waals surface area contributed by atoms with Gasteiger partial charge in [-0.3, -0.25) is 9.48 Å². The van der Waals surface area contributed by atoms with E-state index in [1.807, 2.05) is 13.0 Å². The summed E-state index contributed by atoms with van der Waals surface area (Å²) in [5, 5.41) is 4.58. The summed E-state index contributed by atoms with van der Waals surface area (Å²) in [5.74, 6) is -0.0862. The molecule has 0 atom stereocenters. The lowest BCUT2D eigenvalue weighted by Crippen LogP contribution is -2.10. The minimum atomic E-state index is -0.0862. The predicted molar refractivity (Wildman–Crippen MR) is 70.5 cm³/mol. The first-order valence-corrected chi connectivity index (χ1v) is 6.16. The molecule has 0 bridgehead atoms. The maximum Gasteiger partial charge on any atom is 0.212 e. The number of hydrogen-bond acceptors (Lipinski definition) is 2. The first-order chi connectivity index (χ1) is 8.00. The lowest BCUT2D eigenvalue weighted by atomic mass is 10.0. The molecule has 1 heterocycles. The van der Waals surface area contributed by atoms with Crippen LogP contribution in [-0.4, -0.2) is 15.6 Å². The Balaban J connectivity index is 2.55. The second kappa shape index (κ2) is 4.63. The average Bonchev–Trinajstić information content (AvgIpc) is 2.61. The predicted octanol–water partition coefficient (Wildman–Crippen LogP) is 3.38. The van der Waals surface area contributed by atoms with Gasteiger partial charge in [-0.1, -0.05) is 17.7 Å². The molecule has 0 spiro atoms. The van der Waals surface area contributed by atoms with E-state index in [4.69, 9.17) is 11.6 Å². The van der Waals surface area contributed by atoms with Crippen LogP contribution >= 0.6 is 27.5 Å². The van der Waals surface area contributed by atoms with Gasteiger partial charge >= 0.3 is 0 Å². The second-order valence-electron chi connectivity index (χ2n) is 3.75. The van der Waals surface area contributed by atoms with Gasteiger partial charge in [-0.15, -0.1) is 0 Å². The summed E-state index contributed by atoms with van der Waals surface area (Å²) < 4.78 is 2.23. The molecule has 1 aromatic carbocycles. The van der Waals surface area contributed by atoms with E-state index in [-0.39, 0.29) is 5.78 Å². The Kier molecular flexibility index (Phi) is 3.35. The lowest BCUT2D eigenvalue weighted by Gasteiger charge is -2.06. The topological polar surface area (TPSA) is 34.9 Å². The van der Waals surface area contributed by atoms with Gasteiger partial charge in [0.1, 0.15) is 5.69 Å². The van der Waals surface area contributed by atoms with E-state index >= 15 is 0 Å². The second-order valence-corrected chi connectivity index (χ2v) is 5.04. The summed E-state index contributed by atoms with van der Waals surface area (Å²) in [6.07, 6.45) is 1.60. The molecule has 0 radical (unpaired) electrons. The van der Waals surface area contributed by atoms with Gasteiger partial charge in [-0.25, -0.2) is 0 Å². The summed E-state index contributed by atoms with van der Waals surface area (Å²) in [6, 6.07) is 5.28. The molecule has 2 aromatic rings. The van der Waals surface area contributed by atoms with Gasteiger partial charge < -0.3 is 0 Å². The fourth-order valence-corrected chi connectivity index (χ4v) is 2.33. The Labute approximate surface area is 113 Å². The molecular formula is C12H10BrClN2O. The number of halogens is 2. The minimum absolute atomic E-state index is 0.0862. The summed E-state index contributed by atoms with van der Waals surface area (Å²) in [4.78, 5) is 12.4. The number of ketones is 1. The van der Waals surface area contributed by atoms with Crippen molar-refractivity contribution in [3.63, 3.8) is 0 Å². The quantitative estimate of drug-likeness (QED) is 0.797. The van der Waals surface area contributed by atoms with Crippen LogP contribution in [0.1, 0.15) is 21.6 Å². The van der Waals surface area contributed by atoms with E-state index < -0.39 is 0 Å². The maximum atomic E-state index is 12.4. The zero-order chi connectivity index (χ0) is 12.6. The van der Waals surface area contributed by atoms with Gasteiger partial charge in [0.2, 0.25) is 5.78 Å². The van der Waals surface area contributed by atoms with Crippen LogP contribution in [0, 0.1) is 6.92 Å². The molecule has 0 aliphatic carbocycles. The monoisotopic (exact) mass is 312 g/mol. The highest BCUT2D eigenvalue weighted by Crippen LogP contribution is 2.23. The molecule has 0 N–H and O–H groups in total.